The molecule has 4 N–H and O–H groups in total. The number of nitrogens with one attached hydrogen (secondary N) is 1. The summed E-state index contributed by atoms with van der Waals surface area (Å²) in [5.74, 6) is -1.51. The van der Waals surface area contributed by atoms with Crippen molar-refractivity contribution >= 4 is 29.0 Å². The Labute approximate surface area is 108 Å². The van der Waals surface area contributed by atoms with E-state index in [-0.39, 0.29) is 16.5 Å². The van der Waals surface area contributed by atoms with E-state index >= 15 is 0 Å². The maximum Gasteiger partial charge on any atom is 0.237 e. The van der Waals surface area contributed by atoms with E-state index in [0.717, 1.165) is 6.07 Å². The largest absolute Gasteiger partial charge is 0.409 e. The number of halogens is 2. The third-order valence-corrected chi connectivity index (χ3v) is 2.73. The quantitative estimate of drug-likeness (QED) is 0.341. The van der Waals surface area contributed by atoms with Crippen LogP contribution in [0.5, 0.6) is 0 Å². The van der Waals surface area contributed by atoms with Crippen LogP contribution < -0.4 is 11.1 Å². The highest BCUT2D eigenvalue weighted by Gasteiger charge is 2.33. The first kappa shape index (κ1) is 14.2. The zero-order valence-electron chi connectivity index (χ0n) is 9.87. The SMILES string of the molecule is CC(C)(C(=O)Nc1cc(Cl)ccc1F)C(N)=NO. The Morgan fingerprint density at radius 2 is 2.17 bits per heavy atom. The Morgan fingerprint density at radius 3 is 2.72 bits per heavy atom. The van der Waals surface area contributed by atoms with Crippen molar-refractivity contribution in [3.63, 3.8) is 0 Å². The standard InChI is InChI=1S/C11H13ClFN3O2/c1-11(2,9(14)16-18)10(17)15-8-5-6(12)3-4-7(8)13/h3-5,18H,1-2H3,(H2,14,16)(H,15,17). The average molecular weight is 274 g/mol. The molecule has 0 saturated carbocycles. The van der Waals surface area contributed by atoms with E-state index in [1.54, 1.807) is 0 Å². The second-order valence-electron chi connectivity index (χ2n) is 4.19. The Balaban J connectivity index is 2.98. The summed E-state index contributed by atoms with van der Waals surface area (Å²) in [4.78, 5) is 11.9. The van der Waals surface area contributed by atoms with Gasteiger partial charge in [-0.2, -0.15) is 0 Å². The van der Waals surface area contributed by atoms with Crippen LogP contribution in [-0.2, 0) is 4.79 Å². The number of rotatable bonds is 3. The molecule has 0 radical (unpaired) electrons. The summed E-state index contributed by atoms with van der Waals surface area (Å²) in [7, 11) is 0. The number of hydrogen-bond donors (Lipinski definition) is 3. The Hall–Kier alpha value is -1.82. The molecular formula is C11H13ClFN3O2. The van der Waals surface area contributed by atoms with Crippen LogP contribution in [0.15, 0.2) is 23.4 Å². The van der Waals surface area contributed by atoms with Crippen molar-refractivity contribution in [3.8, 4) is 0 Å². The van der Waals surface area contributed by atoms with Crippen LogP contribution in [-0.4, -0.2) is 17.0 Å². The molecule has 0 aliphatic heterocycles. The van der Waals surface area contributed by atoms with Crippen LogP contribution in [0.1, 0.15) is 13.8 Å². The normalized spacial score (nSPS) is 12.3. The maximum absolute atomic E-state index is 13.4. The number of nitrogens with zero attached hydrogens (tertiary/aromatic N) is 1. The first-order valence-corrected chi connectivity index (χ1v) is 5.41. The molecule has 1 rings (SSSR count). The van der Waals surface area contributed by atoms with Crippen LogP contribution in [0.25, 0.3) is 0 Å². The predicted molar refractivity (Wildman–Crippen MR) is 67.2 cm³/mol. The van der Waals surface area contributed by atoms with Crippen molar-refractivity contribution in [3.05, 3.63) is 29.0 Å². The van der Waals surface area contributed by atoms with Gasteiger partial charge in [0, 0.05) is 5.02 Å². The molecule has 5 nitrogen and oxygen atoms in total. The number of benzene rings is 1. The molecule has 0 bridgehead atoms. The van der Waals surface area contributed by atoms with E-state index in [1.807, 2.05) is 0 Å². The van der Waals surface area contributed by atoms with Gasteiger partial charge in [0.25, 0.3) is 0 Å². The van der Waals surface area contributed by atoms with Crippen molar-refractivity contribution in [1.82, 2.24) is 0 Å². The fraction of sp³-hybridized carbons (Fsp3) is 0.273. The number of amides is 1. The van der Waals surface area contributed by atoms with Crippen LogP contribution in [0.4, 0.5) is 10.1 Å². The van der Waals surface area contributed by atoms with Crippen molar-refractivity contribution in [2.45, 2.75) is 13.8 Å². The lowest BCUT2D eigenvalue weighted by molar-refractivity contribution is -0.121. The maximum atomic E-state index is 13.4. The molecule has 0 aromatic heterocycles. The molecule has 0 heterocycles. The lowest BCUT2D eigenvalue weighted by atomic mass is 9.91. The summed E-state index contributed by atoms with van der Waals surface area (Å²) in [5.41, 5.74) is 4.05. The zero-order valence-corrected chi connectivity index (χ0v) is 10.6. The molecule has 0 spiro atoms. The van der Waals surface area contributed by atoms with Crippen LogP contribution in [0.3, 0.4) is 0 Å². The number of carbonyl (C=O) groups is 1. The Morgan fingerprint density at radius 1 is 1.56 bits per heavy atom. The summed E-state index contributed by atoms with van der Waals surface area (Å²) < 4.78 is 13.4. The Kier molecular flexibility index (Phi) is 4.13. The van der Waals surface area contributed by atoms with Crippen molar-refractivity contribution < 1.29 is 14.4 Å². The molecule has 1 aromatic carbocycles. The fourth-order valence-electron chi connectivity index (χ4n) is 1.11. The lowest BCUT2D eigenvalue weighted by Crippen LogP contribution is -2.42. The van der Waals surface area contributed by atoms with E-state index < -0.39 is 17.1 Å². The van der Waals surface area contributed by atoms with Gasteiger partial charge in [0.15, 0.2) is 5.84 Å². The number of anilines is 1. The molecule has 18 heavy (non-hydrogen) atoms. The summed E-state index contributed by atoms with van der Waals surface area (Å²) in [6.07, 6.45) is 0. The minimum Gasteiger partial charge on any atom is -0.409 e. The second kappa shape index (κ2) is 5.22. The van der Waals surface area contributed by atoms with Gasteiger partial charge in [-0.25, -0.2) is 4.39 Å². The summed E-state index contributed by atoms with van der Waals surface area (Å²) in [6, 6.07) is 3.77. The van der Waals surface area contributed by atoms with Gasteiger partial charge in [-0.05, 0) is 32.0 Å². The monoisotopic (exact) mass is 273 g/mol. The van der Waals surface area contributed by atoms with E-state index in [1.165, 1.54) is 26.0 Å². The number of oxime groups is 1. The van der Waals surface area contributed by atoms with Crippen LogP contribution in [0, 0.1) is 11.2 Å². The fourth-order valence-corrected chi connectivity index (χ4v) is 1.29. The van der Waals surface area contributed by atoms with Gasteiger partial charge in [-0.1, -0.05) is 16.8 Å². The number of amidine groups is 1. The third kappa shape index (κ3) is 2.89. The molecule has 98 valence electrons. The van der Waals surface area contributed by atoms with E-state index in [2.05, 4.69) is 10.5 Å². The molecule has 0 fully saturated rings. The van der Waals surface area contributed by atoms with Crippen LogP contribution >= 0.6 is 11.6 Å². The second-order valence-corrected chi connectivity index (χ2v) is 4.62. The number of hydrogen-bond acceptors (Lipinski definition) is 3. The average Bonchev–Trinajstić information content (AvgIpc) is 2.32. The smallest absolute Gasteiger partial charge is 0.237 e. The minimum atomic E-state index is -1.27. The summed E-state index contributed by atoms with van der Waals surface area (Å²) in [6.45, 7) is 2.89. The first-order valence-electron chi connectivity index (χ1n) is 5.03. The van der Waals surface area contributed by atoms with Crippen LogP contribution in [0.2, 0.25) is 5.02 Å². The molecule has 0 atom stereocenters. The number of nitrogens with two attached hydrogens (primary N) is 1. The molecule has 7 heteroatoms. The highest BCUT2D eigenvalue weighted by atomic mass is 35.5. The lowest BCUT2D eigenvalue weighted by Gasteiger charge is -2.21. The highest BCUT2D eigenvalue weighted by molar-refractivity contribution is 6.31. The molecule has 0 aliphatic rings. The topological polar surface area (TPSA) is 87.7 Å². The van der Waals surface area contributed by atoms with Crippen molar-refractivity contribution in [2.75, 3.05) is 5.32 Å². The number of carbonyl (C=O) groups excluding carboxylic acids is 1. The third-order valence-electron chi connectivity index (χ3n) is 2.49. The van der Waals surface area contributed by atoms with E-state index in [4.69, 9.17) is 22.5 Å². The van der Waals surface area contributed by atoms with Gasteiger partial charge in [0.05, 0.1) is 5.69 Å². The van der Waals surface area contributed by atoms with Crippen molar-refractivity contribution in [1.29, 1.82) is 0 Å². The predicted octanol–water partition coefficient (Wildman–Crippen LogP) is 2.19. The highest BCUT2D eigenvalue weighted by Crippen LogP contribution is 2.23. The van der Waals surface area contributed by atoms with E-state index in [9.17, 15) is 9.18 Å². The summed E-state index contributed by atoms with van der Waals surface area (Å²) in [5, 5.41) is 14.0. The molecule has 0 saturated heterocycles. The first-order chi connectivity index (χ1) is 8.28. The van der Waals surface area contributed by atoms with Gasteiger partial charge < -0.3 is 16.3 Å². The molecule has 0 aliphatic carbocycles. The van der Waals surface area contributed by atoms with Gasteiger partial charge in [0.2, 0.25) is 5.91 Å². The molecular weight excluding hydrogens is 261 g/mol. The van der Waals surface area contributed by atoms with Gasteiger partial charge in [-0.15, -0.1) is 0 Å². The molecule has 1 amide bonds. The molecule has 1 aromatic rings. The van der Waals surface area contributed by atoms with Gasteiger partial charge in [0.1, 0.15) is 11.2 Å². The van der Waals surface area contributed by atoms with E-state index in [0.29, 0.717) is 0 Å². The van der Waals surface area contributed by atoms with Crippen molar-refractivity contribution in [2.24, 2.45) is 16.3 Å². The molecule has 0 unspecified atom stereocenters. The van der Waals surface area contributed by atoms with Gasteiger partial charge in [-0.3, -0.25) is 4.79 Å². The minimum absolute atomic E-state index is 0.0636. The Bertz CT molecular complexity index is 503. The van der Waals surface area contributed by atoms with Gasteiger partial charge >= 0.3 is 0 Å². The zero-order chi connectivity index (χ0) is 13.9. The summed E-state index contributed by atoms with van der Waals surface area (Å²) >= 11 is 5.70.